The SMILES string of the molecule is CS(=O)(=O)CCn1ccc(NC(=O)N2CCc3c(CC#N)cccc3C2)n1. The maximum atomic E-state index is 12.5. The Morgan fingerprint density at radius 3 is 2.93 bits per heavy atom. The van der Waals surface area contributed by atoms with Gasteiger partial charge in [0.15, 0.2) is 5.82 Å². The van der Waals surface area contributed by atoms with Crippen molar-refractivity contribution in [2.45, 2.75) is 25.9 Å². The second-order valence-corrected chi connectivity index (χ2v) is 8.85. The highest BCUT2D eigenvalue weighted by molar-refractivity contribution is 7.90. The molecule has 1 aliphatic heterocycles. The van der Waals surface area contributed by atoms with E-state index in [0.717, 1.165) is 16.7 Å². The molecule has 9 heteroatoms. The molecule has 0 fully saturated rings. The molecule has 0 spiro atoms. The molecule has 2 aromatic rings. The van der Waals surface area contributed by atoms with Crippen LogP contribution < -0.4 is 5.32 Å². The van der Waals surface area contributed by atoms with Crippen molar-refractivity contribution < 1.29 is 13.2 Å². The average Bonchev–Trinajstić information content (AvgIpc) is 3.07. The van der Waals surface area contributed by atoms with Gasteiger partial charge in [-0.1, -0.05) is 18.2 Å². The zero-order valence-electron chi connectivity index (χ0n) is 15.1. The predicted molar refractivity (Wildman–Crippen MR) is 101 cm³/mol. The minimum absolute atomic E-state index is 0.00396. The zero-order valence-corrected chi connectivity index (χ0v) is 15.9. The van der Waals surface area contributed by atoms with Crippen LogP contribution in [0.4, 0.5) is 10.6 Å². The number of nitrogens with one attached hydrogen (secondary N) is 1. The molecule has 0 aliphatic carbocycles. The van der Waals surface area contributed by atoms with Gasteiger partial charge in [0, 0.05) is 31.6 Å². The second-order valence-electron chi connectivity index (χ2n) is 6.59. The van der Waals surface area contributed by atoms with Crippen LogP contribution in [0.2, 0.25) is 0 Å². The number of anilines is 1. The number of aromatic nitrogens is 2. The van der Waals surface area contributed by atoms with Gasteiger partial charge < -0.3 is 4.90 Å². The Kier molecular flexibility index (Phi) is 5.46. The van der Waals surface area contributed by atoms with Crippen molar-refractivity contribution in [2.24, 2.45) is 0 Å². The van der Waals surface area contributed by atoms with E-state index in [2.05, 4.69) is 16.5 Å². The number of carbonyl (C=O) groups excluding carboxylic acids is 1. The fourth-order valence-electron chi connectivity index (χ4n) is 3.11. The van der Waals surface area contributed by atoms with Gasteiger partial charge >= 0.3 is 6.03 Å². The lowest BCUT2D eigenvalue weighted by atomic mass is 9.93. The Morgan fingerprint density at radius 1 is 1.37 bits per heavy atom. The smallest absolute Gasteiger partial charge is 0.320 e. The molecule has 1 aromatic heterocycles. The van der Waals surface area contributed by atoms with Gasteiger partial charge in [0.25, 0.3) is 0 Å². The molecular weight excluding hydrogens is 366 g/mol. The summed E-state index contributed by atoms with van der Waals surface area (Å²) >= 11 is 0. The van der Waals surface area contributed by atoms with Gasteiger partial charge in [-0.3, -0.25) is 10.00 Å². The average molecular weight is 387 g/mol. The van der Waals surface area contributed by atoms with Crippen LogP contribution in [0.1, 0.15) is 16.7 Å². The summed E-state index contributed by atoms with van der Waals surface area (Å²) in [6.45, 7) is 1.29. The molecule has 3 rings (SSSR count). The van der Waals surface area contributed by atoms with E-state index in [1.807, 2.05) is 18.2 Å². The molecular formula is C18H21N5O3S. The van der Waals surface area contributed by atoms with Crippen LogP contribution in [-0.4, -0.2) is 47.7 Å². The first kappa shape index (κ1) is 18.9. The van der Waals surface area contributed by atoms with E-state index in [-0.39, 0.29) is 18.3 Å². The third kappa shape index (κ3) is 4.86. The van der Waals surface area contributed by atoms with Crippen molar-refractivity contribution in [1.29, 1.82) is 5.26 Å². The lowest BCUT2D eigenvalue weighted by molar-refractivity contribution is 0.206. The molecule has 0 atom stereocenters. The fourth-order valence-corrected chi connectivity index (χ4v) is 3.63. The van der Waals surface area contributed by atoms with Crippen LogP contribution in [0.3, 0.4) is 0 Å². The first-order valence-corrected chi connectivity index (χ1v) is 10.7. The third-order valence-electron chi connectivity index (χ3n) is 4.49. The number of rotatable bonds is 5. The van der Waals surface area contributed by atoms with Gasteiger partial charge in [-0.05, 0) is 23.1 Å². The van der Waals surface area contributed by atoms with E-state index in [1.165, 1.54) is 10.9 Å². The Bertz CT molecular complexity index is 991. The molecule has 27 heavy (non-hydrogen) atoms. The van der Waals surface area contributed by atoms with E-state index in [4.69, 9.17) is 5.26 Å². The molecule has 142 valence electrons. The topological polar surface area (TPSA) is 108 Å². The summed E-state index contributed by atoms with van der Waals surface area (Å²) < 4.78 is 23.9. The summed E-state index contributed by atoms with van der Waals surface area (Å²) in [5.74, 6) is 0.383. The normalized spacial score (nSPS) is 13.7. The highest BCUT2D eigenvalue weighted by Crippen LogP contribution is 2.23. The van der Waals surface area contributed by atoms with Crippen LogP contribution >= 0.6 is 0 Å². The van der Waals surface area contributed by atoms with Gasteiger partial charge in [-0.15, -0.1) is 0 Å². The van der Waals surface area contributed by atoms with Crippen molar-refractivity contribution in [3.63, 3.8) is 0 Å². The maximum absolute atomic E-state index is 12.5. The minimum atomic E-state index is -3.07. The summed E-state index contributed by atoms with van der Waals surface area (Å²) in [5, 5.41) is 15.9. The number of amides is 2. The van der Waals surface area contributed by atoms with Crippen molar-refractivity contribution in [3.8, 4) is 6.07 Å². The lowest BCUT2D eigenvalue weighted by Crippen LogP contribution is -2.39. The number of urea groups is 1. The predicted octanol–water partition coefficient (Wildman–Crippen LogP) is 1.58. The first-order valence-electron chi connectivity index (χ1n) is 8.59. The summed E-state index contributed by atoms with van der Waals surface area (Å²) in [6.07, 6.45) is 3.90. The molecule has 0 radical (unpaired) electrons. The number of aryl methyl sites for hydroxylation is 1. The standard InChI is InChI=1S/C18H21N5O3S/c1-27(25,26)12-11-23-10-7-17(21-23)20-18(24)22-9-6-16-14(5-8-19)3-2-4-15(16)13-22/h2-4,7,10H,5-6,9,11-13H2,1H3,(H,20,21,24). The molecule has 1 aliphatic rings. The number of fused-ring (bicyclic) bond motifs is 1. The van der Waals surface area contributed by atoms with Crippen molar-refractivity contribution in [1.82, 2.24) is 14.7 Å². The number of nitriles is 1. The van der Waals surface area contributed by atoms with Crippen molar-refractivity contribution in [2.75, 3.05) is 23.9 Å². The van der Waals surface area contributed by atoms with Crippen molar-refractivity contribution >= 4 is 21.7 Å². The second kappa shape index (κ2) is 7.80. The van der Waals surface area contributed by atoms with E-state index < -0.39 is 9.84 Å². The van der Waals surface area contributed by atoms with Gasteiger partial charge in [0.2, 0.25) is 0 Å². The van der Waals surface area contributed by atoms with Crippen LogP contribution in [-0.2, 0) is 35.8 Å². The fraction of sp³-hybridized carbons (Fsp3) is 0.389. The molecule has 2 heterocycles. The number of hydrogen-bond acceptors (Lipinski definition) is 5. The molecule has 1 N–H and O–H groups in total. The molecule has 8 nitrogen and oxygen atoms in total. The van der Waals surface area contributed by atoms with Gasteiger partial charge in [0.05, 0.1) is 24.8 Å². The van der Waals surface area contributed by atoms with E-state index >= 15 is 0 Å². The molecule has 0 bridgehead atoms. The van der Waals surface area contributed by atoms with Crippen LogP contribution in [0, 0.1) is 11.3 Å². The van der Waals surface area contributed by atoms with E-state index in [1.54, 1.807) is 17.2 Å². The molecule has 0 unspecified atom stereocenters. The number of hydrogen-bond donors (Lipinski definition) is 1. The summed E-state index contributed by atoms with van der Waals surface area (Å²) in [5.41, 5.74) is 3.25. The number of carbonyl (C=O) groups is 1. The summed E-state index contributed by atoms with van der Waals surface area (Å²) in [6, 6.07) is 9.43. The summed E-state index contributed by atoms with van der Waals surface area (Å²) in [4.78, 5) is 14.2. The third-order valence-corrected chi connectivity index (χ3v) is 5.41. The Labute approximate surface area is 158 Å². The molecule has 2 amide bonds. The first-order chi connectivity index (χ1) is 12.9. The van der Waals surface area contributed by atoms with Gasteiger partial charge in [-0.2, -0.15) is 10.4 Å². The highest BCUT2D eigenvalue weighted by Gasteiger charge is 2.22. The number of benzene rings is 1. The Balaban J connectivity index is 1.62. The number of sulfone groups is 1. The van der Waals surface area contributed by atoms with E-state index in [9.17, 15) is 13.2 Å². The minimum Gasteiger partial charge on any atom is -0.320 e. The zero-order chi connectivity index (χ0) is 19.4. The van der Waals surface area contributed by atoms with Crippen molar-refractivity contribution in [3.05, 3.63) is 47.2 Å². The maximum Gasteiger partial charge on any atom is 0.323 e. The van der Waals surface area contributed by atoms with Crippen LogP contribution in [0.25, 0.3) is 0 Å². The quantitative estimate of drug-likeness (QED) is 0.838. The largest absolute Gasteiger partial charge is 0.323 e. The van der Waals surface area contributed by atoms with E-state index in [0.29, 0.717) is 31.7 Å². The molecule has 1 aromatic carbocycles. The van der Waals surface area contributed by atoms with Gasteiger partial charge in [-0.25, -0.2) is 13.2 Å². The van der Waals surface area contributed by atoms with Crippen LogP contribution in [0.5, 0.6) is 0 Å². The Hall–Kier alpha value is -2.86. The lowest BCUT2D eigenvalue weighted by Gasteiger charge is -2.29. The molecule has 0 saturated carbocycles. The molecule has 0 saturated heterocycles. The monoisotopic (exact) mass is 387 g/mol. The highest BCUT2D eigenvalue weighted by atomic mass is 32.2. The van der Waals surface area contributed by atoms with Crippen LogP contribution in [0.15, 0.2) is 30.5 Å². The number of nitrogens with zero attached hydrogens (tertiary/aromatic N) is 4. The van der Waals surface area contributed by atoms with Gasteiger partial charge in [0.1, 0.15) is 9.84 Å². The Morgan fingerprint density at radius 2 is 2.19 bits per heavy atom. The summed E-state index contributed by atoms with van der Waals surface area (Å²) in [7, 11) is -3.07.